The lowest BCUT2D eigenvalue weighted by atomic mass is 9.97. The Kier molecular flexibility index (Phi) is 4.02. The van der Waals surface area contributed by atoms with Gasteiger partial charge in [-0.25, -0.2) is 0 Å². The van der Waals surface area contributed by atoms with Crippen LogP contribution in [0.3, 0.4) is 0 Å². The van der Waals surface area contributed by atoms with E-state index >= 15 is 0 Å². The van der Waals surface area contributed by atoms with E-state index in [1.807, 2.05) is 50.2 Å². The van der Waals surface area contributed by atoms with Crippen LogP contribution < -0.4 is 4.74 Å². The monoisotopic (exact) mass is 280 g/mol. The van der Waals surface area contributed by atoms with E-state index in [-0.39, 0.29) is 11.7 Å². The summed E-state index contributed by atoms with van der Waals surface area (Å²) < 4.78 is 41.2. The van der Waals surface area contributed by atoms with E-state index in [0.717, 1.165) is 16.7 Å². The summed E-state index contributed by atoms with van der Waals surface area (Å²) in [6.45, 7) is 3.86. The second kappa shape index (κ2) is 5.57. The summed E-state index contributed by atoms with van der Waals surface area (Å²) in [7, 11) is 0. The summed E-state index contributed by atoms with van der Waals surface area (Å²) in [5.74, 6) is -0.0585. The summed E-state index contributed by atoms with van der Waals surface area (Å²) in [5.41, 5.74) is 2.39. The number of hydrogen-bond donors (Lipinski definition) is 0. The van der Waals surface area contributed by atoms with E-state index < -0.39 is 6.36 Å². The van der Waals surface area contributed by atoms with Crippen molar-refractivity contribution in [2.75, 3.05) is 0 Å². The number of rotatable bonds is 3. The molecule has 0 saturated carbocycles. The van der Waals surface area contributed by atoms with Gasteiger partial charge in [-0.15, -0.1) is 13.2 Å². The Bertz CT molecular complexity index is 574. The van der Waals surface area contributed by atoms with Crippen molar-refractivity contribution in [1.29, 1.82) is 0 Å². The maximum Gasteiger partial charge on any atom is 0.573 e. The second-order valence-electron chi connectivity index (χ2n) is 4.86. The Morgan fingerprint density at radius 3 is 2.10 bits per heavy atom. The zero-order chi connectivity index (χ0) is 14.8. The van der Waals surface area contributed by atoms with Crippen LogP contribution in [0.15, 0.2) is 48.5 Å². The van der Waals surface area contributed by atoms with E-state index in [2.05, 4.69) is 4.74 Å². The van der Waals surface area contributed by atoms with Crippen LogP contribution >= 0.6 is 0 Å². The molecule has 0 aliphatic heterocycles. The van der Waals surface area contributed by atoms with Gasteiger partial charge in [0.2, 0.25) is 0 Å². The predicted octanol–water partition coefficient (Wildman–Crippen LogP) is 5.38. The van der Waals surface area contributed by atoms with Crippen molar-refractivity contribution in [3.63, 3.8) is 0 Å². The maximum atomic E-state index is 12.4. The first-order chi connectivity index (χ1) is 9.35. The summed E-state index contributed by atoms with van der Waals surface area (Å²) in [6, 6.07) is 14.0. The topological polar surface area (TPSA) is 9.23 Å². The van der Waals surface area contributed by atoms with Crippen LogP contribution in [0.2, 0.25) is 0 Å². The molecule has 0 N–H and O–H groups in total. The fraction of sp³-hybridized carbons (Fsp3) is 0.250. The zero-order valence-electron chi connectivity index (χ0n) is 11.2. The van der Waals surface area contributed by atoms with Crippen molar-refractivity contribution in [3.8, 4) is 16.9 Å². The molecular weight excluding hydrogens is 265 g/mol. The second-order valence-corrected chi connectivity index (χ2v) is 4.86. The molecule has 0 radical (unpaired) electrons. The number of ether oxygens (including phenoxy) is 1. The first-order valence-corrected chi connectivity index (χ1v) is 6.31. The molecule has 0 unspecified atom stereocenters. The highest BCUT2D eigenvalue weighted by Gasteiger charge is 2.31. The van der Waals surface area contributed by atoms with Crippen LogP contribution in [-0.2, 0) is 0 Å². The molecule has 0 heterocycles. The Hall–Kier alpha value is -1.97. The van der Waals surface area contributed by atoms with Crippen LogP contribution in [0.5, 0.6) is 5.75 Å². The standard InChI is InChI=1S/C16H15F3O/c1-11(2)13-8-14(12-6-4-3-5-7-12)10-15(9-13)20-16(17,18)19/h3-11H,1-2H3. The third kappa shape index (κ3) is 3.76. The highest BCUT2D eigenvalue weighted by atomic mass is 19.4. The molecule has 0 saturated heterocycles. The van der Waals surface area contributed by atoms with Crippen LogP contribution in [0.4, 0.5) is 13.2 Å². The molecule has 106 valence electrons. The molecule has 2 aromatic rings. The SMILES string of the molecule is CC(C)c1cc(OC(F)(F)F)cc(-c2ccccc2)c1. The molecule has 0 aliphatic rings. The van der Waals surface area contributed by atoms with E-state index in [0.29, 0.717) is 0 Å². The maximum absolute atomic E-state index is 12.4. The first-order valence-electron chi connectivity index (χ1n) is 6.31. The molecule has 0 bridgehead atoms. The van der Waals surface area contributed by atoms with Gasteiger partial charge < -0.3 is 4.74 Å². The smallest absolute Gasteiger partial charge is 0.406 e. The van der Waals surface area contributed by atoms with Crippen molar-refractivity contribution in [2.45, 2.75) is 26.1 Å². The van der Waals surface area contributed by atoms with E-state index in [1.165, 1.54) is 12.1 Å². The molecule has 0 atom stereocenters. The summed E-state index contributed by atoms with van der Waals surface area (Å²) in [6.07, 6.45) is -4.68. The van der Waals surface area contributed by atoms with Crippen molar-refractivity contribution >= 4 is 0 Å². The first kappa shape index (κ1) is 14.4. The van der Waals surface area contributed by atoms with Gasteiger partial charge >= 0.3 is 6.36 Å². The number of alkyl halides is 3. The Labute approximate surface area is 116 Å². The van der Waals surface area contributed by atoms with Crippen LogP contribution in [0.1, 0.15) is 25.3 Å². The quantitative estimate of drug-likeness (QED) is 0.733. The molecule has 0 fully saturated rings. The normalized spacial score (nSPS) is 11.7. The van der Waals surface area contributed by atoms with Gasteiger partial charge in [-0.2, -0.15) is 0 Å². The summed E-state index contributed by atoms with van der Waals surface area (Å²) >= 11 is 0. The van der Waals surface area contributed by atoms with Gasteiger partial charge in [0, 0.05) is 0 Å². The highest BCUT2D eigenvalue weighted by Crippen LogP contribution is 2.32. The average molecular weight is 280 g/mol. The van der Waals surface area contributed by atoms with Gasteiger partial charge in [0.1, 0.15) is 5.75 Å². The minimum absolute atomic E-state index is 0.120. The molecule has 0 spiro atoms. The summed E-state index contributed by atoms with van der Waals surface area (Å²) in [5, 5.41) is 0. The molecule has 2 aromatic carbocycles. The lowest BCUT2D eigenvalue weighted by Gasteiger charge is -2.14. The molecule has 20 heavy (non-hydrogen) atoms. The van der Waals surface area contributed by atoms with E-state index in [9.17, 15) is 13.2 Å². The van der Waals surface area contributed by atoms with Crippen molar-refractivity contribution < 1.29 is 17.9 Å². The van der Waals surface area contributed by atoms with Gasteiger partial charge in [0.05, 0.1) is 0 Å². The van der Waals surface area contributed by atoms with Gasteiger partial charge in [-0.3, -0.25) is 0 Å². The third-order valence-corrected chi connectivity index (χ3v) is 2.94. The van der Waals surface area contributed by atoms with Crippen LogP contribution in [-0.4, -0.2) is 6.36 Å². The number of benzene rings is 2. The predicted molar refractivity (Wildman–Crippen MR) is 72.7 cm³/mol. The summed E-state index contributed by atoms with van der Waals surface area (Å²) in [4.78, 5) is 0. The lowest BCUT2D eigenvalue weighted by molar-refractivity contribution is -0.274. The zero-order valence-corrected chi connectivity index (χ0v) is 11.2. The van der Waals surface area contributed by atoms with Gasteiger partial charge in [0.25, 0.3) is 0 Å². The Morgan fingerprint density at radius 1 is 0.900 bits per heavy atom. The van der Waals surface area contributed by atoms with E-state index in [1.54, 1.807) is 0 Å². The van der Waals surface area contributed by atoms with Crippen molar-refractivity contribution in [1.82, 2.24) is 0 Å². The number of hydrogen-bond acceptors (Lipinski definition) is 1. The van der Waals surface area contributed by atoms with Crippen molar-refractivity contribution in [3.05, 3.63) is 54.1 Å². The van der Waals surface area contributed by atoms with Crippen LogP contribution in [0.25, 0.3) is 11.1 Å². The lowest BCUT2D eigenvalue weighted by Crippen LogP contribution is -2.17. The molecule has 2 rings (SSSR count). The Balaban J connectivity index is 2.47. The van der Waals surface area contributed by atoms with Gasteiger partial charge in [-0.1, -0.05) is 50.2 Å². The molecule has 0 aromatic heterocycles. The van der Waals surface area contributed by atoms with Crippen molar-refractivity contribution in [2.24, 2.45) is 0 Å². The van der Waals surface area contributed by atoms with Gasteiger partial charge in [-0.05, 0) is 34.7 Å². The molecule has 1 nitrogen and oxygen atoms in total. The fourth-order valence-electron chi connectivity index (χ4n) is 1.95. The largest absolute Gasteiger partial charge is 0.573 e. The number of halogens is 3. The minimum atomic E-state index is -4.68. The molecule has 0 aliphatic carbocycles. The Morgan fingerprint density at radius 2 is 1.55 bits per heavy atom. The molecular formula is C16H15F3O. The third-order valence-electron chi connectivity index (χ3n) is 2.94. The highest BCUT2D eigenvalue weighted by molar-refractivity contribution is 5.66. The van der Waals surface area contributed by atoms with Gasteiger partial charge in [0.15, 0.2) is 0 Å². The van der Waals surface area contributed by atoms with Crippen LogP contribution in [0, 0.1) is 0 Å². The molecule has 0 amide bonds. The average Bonchev–Trinajstić information content (AvgIpc) is 2.37. The fourth-order valence-corrected chi connectivity index (χ4v) is 1.95. The van der Waals surface area contributed by atoms with E-state index in [4.69, 9.17) is 0 Å². The minimum Gasteiger partial charge on any atom is -0.406 e. The molecule has 4 heteroatoms.